The molecule has 1 aromatic carbocycles. The van der Waals surface area contributed by atoms with Crippen molar-refractivity contribution in [3.63, 3.8) is 0 Å². The second-order valence-corrected chi connectivity index (χ2v) is 5.98. The lowest BCUT2D eigenvalue weighted by Gasteiger charge is -2.32. The van der Waals surface area contributed by atoms with Crippen molar-refractivity contribution in [2.24, 2.45) is 5.73 Å². The van der Waals surface area contributed by atoms with Gasteiger partial charge in [-0.25, -0.2) is 4.39 Å². The van der Waals surface area contributed by atoms with Crippen LogP contribution >= 0.6 is 0 Å². The summed E-state index contributed by atoms with van der Waals surface area (Å²) in [6.07, 6.45) is 0. The van der Waals surface area contributed by atoms with E-state index in [1.165, 1.54) is 0 Å². The molecule has 20 heavy (non-hydrogen) atoms. The monoisotopic (exact) mass is 277 g/mol. The van der Waals surface area contributed by atoms with Crippen LogP contribution in [0.4, 0.5) is 4.39 Å². The SMILES string of the molecule is CC1(C)OB(C(F)=C(CN)c2ccccc2)OC1(C)C. The highest BCUT2D eigenvalue weighted by molar-refractivity contribution is 6.55. The molecular weight excluding hydrogens is 256 g/mol. The van der Waals surface area contributed by atoms with Crippen molar-refractivity contribution >= 4 is 12.7 Å². The molecule has 1 heterocycles. The zero-order chi connectivity index (χ0) is 15.0. The highest BCUT2D eigenvalue weighted by Gasteiger charge is 2.53. The van der Waals surface area contributed by atoms with E-state index in [0.717, 1.165) is 5.56 Å². The van der Waals surface area contributed by atoms with E-state index in [4.69, 9.17) is 15.0 Å². The van der Waals surface area contributed by atoms with Crippen LogP contribution in [0, 0.1) is 0 Å². The average molecular weight is 277 g/mol. The molecule has 0 saturated carbocycles. The van der Waals surface area contributed by atoms with Crippen molar-refractivity contribution in [2.75, 3.05) is 6.54 Å². The van der Waals surface area contributed by atoms with Gasteiger partial charge in [-0.3, -0.25) is 0 Å². The van der Waals surface area contributed by atoms with Crippen molar-refractivity contribution in [3.05, 3.63) is 41.6 Å². The molecule has 0 aliphatic carbocycles. The minimum absolute atomic E-state index is 0.0971. The molecule has 0 spiro atoms. The van der Waals surface area contributed by atoms with Gasteiger partial charge in [0.05, 0.1) is 11.2 Å². The highest BCUT2D eigenvalue weighted by Crippen LogP contribution is 2.40. The molecule has 1 aromatic rings. The van der Waals surface area contributed by atoms with Crippen LogP contribution < -0.4 is 5.73 Å². The maximum atomic E-state index is 14.7. The quantitative estimate of drug-likeness (QED) is 0.864. The fourth-order valence-electron chi connectivity index (χ4n) is 2.08. The van der Waals surface area contributed by atoms with Gasteiger partial charge in [-0.1, -0.05) is 30.3 Å². The Kier molecular flexibility index (Phi) is 4.05. The molecule has 0 atom stereocenters. The summed E-state index contributed by atoms with van der Waals surface area (Å²) in [6.45, 7) is 7.67. The van der Waals surface area contributed by atoms with Crippen LogP contribution in [0.2, 0.25) is 0 Å². The zero-order valence-electron chi connectivity index (χ0n) is 12.4. The summed E-state index contributed by atoms with van der Waals surface area (Å²) in [7, 11) is -1.00. The summed E-state index contributed by atoms with van der Waals surface area (Å²) in [6, 6.07) is 9.23. The standard InChI is InChI=1S/C15H21BFNO2/c1-14(2)15(3,4)20-16(19-14)13(17)12(10-18)11-8-6-5-7-9-11/h5-9H,10,18H2,1-4H3. The van der Waals surface area contributed by atoms with Crippen LogP contribution in [0.5, 0.6) is 0 Å². The van der Waals surface area contributed by atoms with Crippen molar-refractivity contribution in [2.45, 2.75) is 38.9 Å². The Balaban J connectivity index is 2.35. The van der Waals surface area contributed by atoms with Crippen LogP contribution in [0.15, 0.2) is 36.1 Å². The minimum atomic E-state index is -1.00. The van der Waals surface area contributed by atoms with Gasteiger partial charge in [0.15, 0.2) is 0 Å². The van der Waals surface area contributed by atoms with Crippen LogP contribution in [0.25, 0.3) is 5.57 Å². The molecule has 1 fully saturated rings. The van der Waals surface area contributed by atoms with Crippen molar-refractivity contribution in [1.29, 1.82) is 0 Å². The number of hydrogen-bond acceptors (Lipinski definition) is 3. The highest BCUT2D eigenvalue weighted by atomic mass is 19.1. The molecule has 108 valence electrons. The van der Waals surface area contributed by atoms with Crippen LogP contribution in [-0.2, 0) is 9.31 Å². The van der Waals surface area contributed by atoms with E-state index in [9.17, 15) is 4.39 Å². The van der Waals surface area contributed by atoms with Gasteiger partial charge in [0.2, 0.25) is 0 Å². The van der Waals surface area contributed by atoms with E-state index in [0.29, 0.717) is 5.57 Å². The molecule has 1 saturated heterocycles. The fraction of sp³-hybridized carbons (Fsp3) is 0.467. The summed E-state index contributed by atoms with van der Waals surface area (Å²) in [5.41, 5.74) is 5.30. The topological polar surface area (TPSA) is 44.5 Å². The summed E-state index contributed by atoms with van der Waals surface area (Å²) in [4.78, 5) is 0. The van der Waals surface area contributed by atoms with Crippen molar-refractivity contribution in [1.82, 2.24) is 0 Å². The Labute approximate surface area is 120 Å². The van der Waals surface area contributed by atoms with Gasteiger partial charge in [-0.2, -0.15) is 0 Å². The van der Waals surface area contributed by atoms with Crippen LogP contribution in [0.3, 0.4) is 0 Å². The van der Waals surface area contributed by atoms with Crippen LogP contribution in [0.1, 0.15) is 33.3 Å². The van der Waals surface area contributed by atoms with Crippen molar-refractivity contribution < 1.29 is 13.7 Å². The molecular formula is C15H21BFNO2. The fourth-order valence-corrected chi connectivity index (χ4v) is 2.08. The van der Waals surface area contributed by atoms with Gasteiger partial charge in [0, 0.05) is 12.1 Å². The second-order valence-electron chi connectivity index (χ2n) is 5.98. The number of halogens is 1. The summed E-state index contributed by atoms with van der Waals surface area (Å²) in [5.74, 6) is 0. The maximum Gasteiger partial charge on any atom is 0.525 e. The van der Waals surface area contributed by atoms with E-state index in [2.05, 4.69) is 0 Å². The number of rotatable bonds is 3. The van der Waals surface area contributed by atoms with E-state index < -0.39 is 24.0 Å². The van der Waals surface area contributed by atoms with Crippen molar-refractivity contribution in [3.8, 4) is 0 Å². The number of hydrogen-bond donors (Lipinski definition) is 1. The van der Waals surface area contributed by atoms with E-state index in [-0.39, 0.29) is 6.54 Å². The van der Waals surface area contributed by atoms with Gasteiger partial charge >= 0.3 is 7.12 Å². The second kappa shape index (κ2) is 5.32. The largest absolute Gasteiger partial charge is 0.525 e. The molecule has 2 rings (SSSR count). The number of benzene rings is 1. The predicted octanol–water partition coefficient (Wildman–Crippen LogP) is 2.96. The third kappa shape index (κ3) is 2.66. The smallest absolute Gasteiger partial charge is 0.398 e. The Hall–Kier alpha value is -1.17. The van der Waals surface area contributed by atoms with E-state index in [1.54, 1.807) is 0 Å². The Morgan fingerprint density at radius 3 is 2.05 bits per heavy atom. The molecule has 3 nitrogen and oxygen atoms in total. The predicted molar refractivity (Wildman–Crippen MR) is 79.6 cm³/mol. The van der Waals surface area contributed by atoms with Gasteiger partial charge in [-0.05, 0) is 33.3 Å². The molecule has 0 radical (unpaired) electrons. The van der Waals surface area contributed by atoms with Crippen LogP contribution in [-0.4, -0.2) is 24.9 Å². The summed E-state index contributed by atoms with van der Waals surface area (Å²) < 4.78 is 26.1. The molecule has 0 aromatic heterocycles. The normalized spacial score (nSPS) is 21.8. The summed E-state index contributed by atoms with van der Waals surface area (Å²) in [5, 5.41) is 0. The lowest BCUT2D eigenvalue weighted by atomic mass is 9.83. The lowest BCUT2D eigenvalue weighted by Crippen LogP contribution is -2.41. The minimum Gasteiger partial charge on any atom is -0.398 e. The lowest BCUT2D eigenvalue weighted by molar-refractivity contribution is 0.00578. The first-order valence-corrected chi connectivity index (χ1v) is 6.78. The third-order valence-electron chi connectivity index (χ3n) is 4.07. The molecule has 1 aliphatic rings. The zero-order valence-corrected chi connectivity index (χ0v) is 12.4. The molecule has 0 unspecified atom stereocenters. The third-order valence-corrected chi connectivity index (χ3v) is 4.07. The van der Waals surface area contributed by atoms with Gasteiger partial charge in [0.1, 0.15) is 5.73 Å². The summed E-state index contributed by atoms with van der Waals surface area (Å²) >= 11 is 0. The average Bonchev–Trinajstić information content (AvgIpc) is 2.60. The Morgan fingerprint density at radius 2 is 1.60 bits per heavy atom. The molecule has 0 bridgehead atoms. The number of nitrogens with two attached hydrogens (primary N) is 1. The molecule has 1 aliphatic heterocycles. The molecule has 2 N–H and O–H groups in total. The van der Waals surface area contributed by atoms with Gasteiger partial charge in [0.25, 0.3) is 0 Å². The van der Waals surface area contributed by atoms with E-state index in [1.807, 2.05) is 58.0 Å². The Morgan fingerprint density at radius 1 is 1.10 bits per heavy atom. The molecule has 5 heteroatoms. The molecule has 0 amide bonds. The first-order chi connectivity index (χ1) is 9.28. The maximum absolute atomic E-state index is 14.7. The Bertz CT molecular complexity index is 498. The first-order valence-electron chi connectivity index (χ1n) is 6.78. The first kappa shape index (κ1) is 15.2. The van der Waals surface area contributed by atoms with Gasteiger partial charge < -0.3 is 15.0 Å². The van der Waals surface area contributed by atoms with E-state index >= 15 is 0 Å². The van der Waals surface area contributed by atoms with Gasteiger partial charge in [-0.15, -0.1) is 0 Å².